The number of hydrogen-bond donors (Lipinski definition) is 0. The van der Waals surface area contributed by atoms with E-state index in [2.05, 4.69) is 33.4 Å². The maximum atomic E-state index is 4.59. The summed E-state index contributed by atoms with van der Waals surface area (Å²) in [7, 11) is 0. The van der Waals surface area contributed by atoms with Gasteiger partial charge in [0, 0.05) is 6.04 Å². The van der Waals surface area contributed by atoms with Crippen LogP contribution in [0.25, 0.3) is 11.3 Å². The van der Waals surface area contributed by atoms with Crippen LogP contribution < -0.4 is 0 Å². The average Bonchev–Trinajstić information content (AvgIpc) is 2.65. The summed E-state index contributed by atoms with van der Waals surface area (Å²) in [6, 6.07) is 0.474. The van der Waals surface area contributed by atoms with Crippen LogP contribution in [0.3, 0.4) is 0 Å². The SMILES string of the molecule is CCC(CC)n1cnc2nc(C)c(C)nc21. The second-order valence-corrected chi connectivity index (χ2v) is 4.16. The van der Waals surface area contributed by atoms with Crippen LogP contribution >= 0.6 is 0 Å². The number of rotatable bonds is 3. The second kappa shape index (κ2) is 4.20. The summed E-state index contributed by atoms with van der Waals surface area (Å²) in [6.07, 6.45) is 4.05. The van der Waals surface area contributed by atoms with E-state index in [-0.39, 0.29) is 0 Å². The Labute approximate surface area is 95.7 Å². The molecule has 2 heterocycles. The minimum absolute atomic E-state index is 0.474. The van der Waals surface area contributed by atoms with Crippen molar-refractivity contribution in [3.8, 4) is 0 Å². The highest BCUT2D eigenvalue weighted by Gasteiger charge is 2.13. The molecular weight excluding hydrogens is 200 g/mol. The van der Waals surface area contributed by atoms with E-state index in [0.717, 1.165) is 35.5 Å². The average molecular weight is 218 g/mol. The maximum absolute atomic E-state index is 4.59. The van der Waals surface area contributed by atoms with Crippen LogP contribution in [-0.2, 0) is 0 Å². The zero-order valence-electron chi connectivity index (χ0n) is 10.4. The second-order valence-electron chi connectivity index (χ2n) is 4.16. The Morgan fingerprint density at radius 1 is 1.12 bits per heavy atom. The number of hydrogen-bond acceptors (Lipinski definition) is 3. The monoisotopic (exact) mass is 218 g/mol. The van der Waals surface area contributed by atoms with E-state index < -0.39 is 0 Å². The van der Waals surface area contributed by atoms with Gasteiger partial charge in [0.15, 0.2) is 11.3 Å². The molecule has 16 heavy (non-hydrogen) atoms. The molecular formula is C12H18N4. The highest BCUT2D eigenvalue weighted by atomic mass is 15.2. The van der Waals surface area contributed by atoms with Crippen molar-refractivity contribution >= 4 is 11.3 Å². The van der Waals surface area contributed by atoms with Gasteiger partial charge in [-0.05, 0) is 26.7 Å². The lowest BCUT2D eigenvalue weighted by Gasteiger charge is -2.14. The molecule has 0 aliphatic heterocycles. The summed E-state index contributed by atoms with van der Waals surface area (Å²) in [5, 5.41) is 0. The van der Waals surface area contributed by atoms with Gasteiger partial charge in [0.2, 0.25) is 0 Å². The van der Waals surface area contributed by atoms with Crippen molar-refractivity contribution in [1.82, 2.24) is 19.5 Å². The van der Waals surface area contributed by atoms with Crippen LogP contribution in [0.2, 0.25) is 0 Å². The highest BCUT2D eigenvalue weighted by Crippen LogP contribution is 2.20. The van der Waals surface area contributed by atoms with Crippen molar-refractivity contribution in [3.63, 3.8) is 0 Å². The van der Waals surface area contributed by atoms with Crippen molar-refractivity contribution < 1.29 is 0 Å². The van der Waals surface area contributed by atoms with Gasteiger partial charge in [0.1, 0.15) is 0 Å². The number of nitrogens with zero attached hydrogens (tertiary/aromatic N) is 4. The molecule has 0 aliphatic carbocycles. The lowest BCUT2D eigenvalue weighted by atomic mass is 10.2. The third-order valence-electron chi connectivity index (χ3n) is 3.16. The molecule has 0 saturated heterocycles. The Bertz CT molecular complexity index is 497. The van der Waals surface area contributed by atoms with E-state index in [9.17, 15) is 0 Å². The van der Waals surface area contributed by atoms with E-state index in [1.807, 2.05) is 20.2 Å². The van der Waals surface area contributed by atoms with E-state index in [1.165, 1.54) is 0 Å². The molecule has 0 fully saturated rings. The molecule has 0 radical (unpaired) electrons. The molecule has 2 aromatic rings. The zero-order valence-corrected chi connectivity index (χ0v) is 10.4. The lowest BCUT2D eigenvalue weighted by molar-refractivity contribution is 0.480. The van der Waals surface area contributed by atoms with Crippen LogP contribution in [0.5, 0.6) is 0 Å². The van der Waals surface area contributed by atoms with Crippen molar-refractivity contribution in [2.75, 3.05) is 0 Å². The number of aryl methyl sites for hydroxylation is 2. The quantitative estimate of drug-likeness (QED) is 0.795. The summed E-state index contributed by atoms with van der Waals surface area (Å²) < 4.78 is 2.15. The Morgan fingerprint density at radius 3 is 2.38 bits per heavy atom. The Hall–Kier alpha value is -1.45. The third kappa shape index (κ3) is 1.68. The van der Waals surface area contributed by atoms with E-state index in [0.29, 0.717) is 6.04 Å². The molecule has 0 atom stereocenters. The molecule has 4 nitrogen and oxygen atoms in total. The van der Waals surface area contributed by atoms with E-state index in [4.69, 9.17) is 0 Å². The molecule has 0 aromatic carbocycles. The normalized spacial score (nSPS) is 11.6. The minimum Gasteiger partial charge on any atom is -0.311 e. The Kier molecular flexibility index (Phi) is 2.90. The van der Waals surface area contributed by atoms with Gasteiger partial charge >= 0.3 is 0 Å². The predicted molar refractivity (Wildman–Crippen MR) is 64.4 cm³/mol. The van der Waals surface area contributed by atoms with Gasteiger partial charge in [0.05, 0.1) is 17.7 Å². The molecule has 86 valence electrons. The Morgan fingerprint density at radius 2 is 1.75 bits per heavy atom. The van der Waals surface area contributed by atoms with Crippen LogP contribution in [0.15, 0.2) is 6.33 Å². The van der Waals surface area contributed by atoms with Gasteiger partial charge in [-0.25, -0.2) is 15.0 Å². The van der Waals surface area contributed by atoms with Crippen LogP contribution in [0, 0.1) is 13.8 Å². The smallest absolute Gasteiger partial charge is 0.197 e. The first kappa shape index (κ1) is 11.0. The van der Waals surface area contributed by atoms with Gasteiger partial charge in [-0.3, -0.25) is 0 Å². The number of fused-ring (bicyclic) bond motifs is 1. The van der Waals surface area contributed by atoms with Gasteiger partial charge in [-0.15, -0.1) is 0 Å². The molecule has 0 N–H and O–H groups in total. The summed E-state index contributed by atoms with van der Waals surface area (Å²) >= 11 is 0. The van der Waals surface area contributed by atoms with Gasteiger partial charge < -0.3 is 4.57 Å². The van der Waals surface area contributed by atoms with Crippen molar-refractivity contribution in [1.29, 1.82) is 0 Å². The molecule has 0 unspecified atom stereocenters. The molecule has 2 rings (SSSR count). The van der Waals surface area contributed by atoms with E-state index in [1.54, 1.807) is 0 Å². The molecule has 4 heteroatoms. The van der Waals surface area contributed by atoms with Crippen molar-refractivity contribution in [2.45, 2.75) is 46.6 Å². The fraction of sp³-hybridized carbons (Fsp3) is 0.583. The fourth-order valence-electron chi connectivity index (χ4n) is 1.96. The predicted octanol–water partition coefficient (Wildman–Crippen LogP) is 2.80. The fourth-order valence-corrected chi connectivity index (χ4v) is 1.96. The number of imidazole rings is 1. The lowest BCUT2D eigenvalue weighted by Crippen LogP contribution is -2.07. The first-order valence-electron chi connectivity index (χ1n) is 5.85. The molecule has 0 saturated carbocycles. The molecule has 2 aromatic heterocycles. The molecule has 0 amide bonds. The summed E-state index contributed by atoms with van der Waals surface area (Å²) in [6.45, 7) is 8.34. The van der Waals surface area contributed by atoms with Crippen LogP contribution in [0.4, 0.5) is 0 Å². The van der Waals surface area contributed by atoms with Crippen LogP contribution in [-0.4, -0.2) is 19.5 Å². The first-order chi connectivity index (χ1) is 7.67. The summed E-state index contributed by atoms with van der Waals surface area (Å²) in [5.41, 5.74) is 3.62. The largest absolute Gasteiger partial charge is 0.311 e. The topological polar surface area (TPSA) is 43.6 Å². The standard InChI is InChI=1S/C12H18N4/c1-5-10(6-2)16-7-13-11-12(16)15-9(4)8(3)14-11/h7,10H,5-6H2,1-4H3. The number of aromatic nitrogens is 4. The van der Waals surface area contributed by atoms with Gasteiger partial charge in [-0.2, -0.15) is 0 Å². The van der Waals surface area contributed by atoms with E-state index >= 15 is 0 Å². The minimum atomic E-state index is 0.474. The molecule has 0 aliphatic rings. The van der Waals surface area contributed by atoms with Crippen molar-refractivity contribution in [3.05, 3.63) is 17.7 Å². The first-order valence-corrected chi connectivity index (χ1v) is 5.85. The summed E-state index contributed by atoms with van der Waals surface area (Å²) in [5.74, 6) is 0. The van der Waals surface area contributed by atoms with Crippen molar-refractivity contribution in [2.24, 2.45) is 0 Å². The molecule has 0 spiro atoms. The van der Waals surface area contributed by atoms with Gasteiger partial charge in [0.25, 0.3) is 0 Å². The van der Waals surface area contributed by atoms with Gasteiger partial charge in [-0.1, -0.05) is 13.8 Å². The highest BCUT2D eigenvalue weighted by molar-refractivity contribution is 5.66. The third-order valence-corrected chi connectivity index (χ3v) is 3.16. The maximum Gasteiger partial charge on any atom is 0.197 e. The molecule has 0 bridgehead atoms. The van der Waals surface area contributed by atoms with Crippen LogP contribution in [0.1, 0.15) is 44.1 Å². The zero-order chi connectivity index (χ0) is 11.7. The summed E-state index contributed by atoms with van der Waals surface area (Å²) in [4.78, 5) is 13.4. The Balaban J connectivity index is 2.59.